The molecule has 1 unspecified atom stereocenters. The predicted octanol–water partition coefficient (Wildman–Crippen LogP) is 2.70. The number of carbonyl (C=O) groups excluding carboxylic acids is 2. The van der Waals surface area contributed by atoms with Crippen LogP contribution in [-0.2, 0) is 15.2 Å². The van der Waals surface area contributed by atoms with Gasteiger partial charge in [0.25, 0.3) is 5.91 Å². The molecule has 0 aliphatic carbocycles. The van der Waals surface area contributed by atoms with Crippen LogP contribution in [-0.4, -0.2) is 23.3 Å². The van der Waals surface area contributed by atoms with Crippen LogP contribution < -0.4 is 4.90 Å². The Bertz CT molecular complexity index is 567. The van der Waals surface area contributed by atoms with Crippen LogP contribution in [0.25, 0.3) is 0 Å². The molecular formula is C17H23NO3. The van der Waals surface area contributed by atoms with E-state index in [9.17, 15) is 14.7 Å². The third-order valence-electron chi connectivity index (χ3n) is 4.04. The van der Waals surface area contributed by atoms with Crippen molar-refractivity contribution < 1.29 is 14.7 Å². The van der Waals surface area contributed by atoms with Crippen molar-refractivity contribution in [3.8, 4) is 0 Å². The van der Waals surface area contributed by atoms with Crippen molar-refractivity contribution in [3.63, 3.8) is 0 Å². The molecule has 1 aromatic rings. The summed E-state index contributed by atoms with van der Waals surface area (Å²) < 4.78 is 0. The number of rotatable bonds is 6. The molecule has 114 valence electrons. The number of Topliss-reactive ketones (excluding diaryl/α,β-unsaturated/α-hetero) is 1. The van der Waals surface area contributed by atoms with Gasteiger partial charge in [-0.05, 0) is 25.8 Å². The number of aliphatic hydroxyl groups is 1. The second-order valence-corrected chi connectivity index (χ2v) is 5.87. The lowest BCUT2D eigenvalue weighted by atomic mass is 9.89. The summed E-state index contributed by atoms with van der Waals surface area (Å²) in [6.45, 7) is 6.03. The number of benzene rings is 1. The zero-order valence-corrected chi connectivity index (χ0v) is 13.0. The van der Waals surface area contributed by atoms with E-state index in [1.54, 1.807) is 11.0 Å². The first-order chi connectivity index (χ1) is 9.91. The number of carbonyl (C=O) groups is 2. The van der Waals surface area contributed by atoms with E-state index >= 15 is 0 Å². The number of unbranched alkanes of at least 4 members (excludes halogenated alkanes) is 2. The van der Waals surface area contributed by atoms with Gasteiger partial charge in [0.15, 0.2) is 5.60 Å². The molecule has 0 aromatic heterocycles. The molecular weight excluding hydrogens is 266 g/mol. The van der Waals surface area contributed by atoms with Gasteiger partial charge < -0.3 is 10.0 Å². The van der Waals surface area contributed by atoms with Crippen molar-refractivity contribution in [3.05, 3.63) is 29.3 Å². The van der Waals surface area contributed by atoms with Gasteiger partial charge in [0.05, 0.1) is 5.69 Å². The number of nitrogens with zero attached hydrogens (tertiary/aromatic N) is 1. The largest absolute Gasteiger partial charge is 0.375 e. The van der Waals surface area contributed by atoms with Gasteiger partial charge in [-0.15, -0.1) is 0 Å². The van der Waals surface area contributed by atoms with E-state index in [0.717, 1.165) is 30.5 Å². The Morgan fingerprint density at radius 1 is 1.33 bits per heavy atom. The molecule has 1 aliphatic heterocycles. The van der Waals surface area contributed by atoms with E-state index in [1.165, 1.54) is 6.92 Å². The van der Waals surface area contributed by atoms with Crippen LogP contribution in [0.4, 0.5) is 5.69 Å². The fourth-order valence-electron chi connectivity index (χ4n) is 3.06. The van der Waals surface area contributed by atoms with Gasteiger partial charge in [0.1, 0.15) is 5.78 Å². The number of anilines is 1. The molecule has 1 aromatic carbocycles. The third-order valence-corrected chi connectivity index (χ3v) is 4.04. The van der Waals surface area contributed by atoms with E-state index in [4.69, 9.17) is 0 Å². The van der Waals surface area contributed by atoms with Crippen LogP contribution in [0.5, 0.6) is 0 Å². The average Bonchev–Trinajstić information content (AvgIpc) is 2.62. The van der Waals surface area contributed by atoms with Crippen LogP contribution in [0.1, 0.15) is 50.7 Å². The maximum Gasteiger partial charge on any atom is 0.264 e. The van der Waals surface area contributed by atoms with Gasteiger partial charge in [-0.2, -0.15) is 0 Å². The van der Waals surface area contributed by atoms with Crippen LogP contribution in [0.2, 0.25) is 0 Å². The molecule has 1 amide bonds. The molecule has 1 atom stereocenters. The SMILES string of the molecule is CCCCCN1C(=O)C(O)(CC(C)=O)c2cccc(C)c21. The minimum absolute atomic E-state index is 0.160. The first kappa shape index (κ1) is 15.7. The van der Waals surface area contributed by atoms with E-state index < -0.39 is 5.60 Å². The van der Waals surface area contributed by atoms with Gasteiger partial charge in [-0.3, -0.25) is 9.59 Å². The summed E-state index contributed by atoms with van der Waals surface area (Å²) in [5.74, 6) is -0.549. The van der Waals surface area contributed by atoms with Crippen molar-refractivity contribution in [2.75, 3.05) is 11.4 Å². The highest BCUT2D eigenvalue weighted by Crippen LogP contribution is 2.44. The quantitative estimate of drug-likeness (QED) is 0.819. The van der Waals surface area contributed by atoms with E-state index in [1.807, 2.05) is 19.1 Å². The summed E-state index contributed by atoms with van der Waals surface area (Å²) >= 11 is 0. The fraction of sp³-hybridized carbons (Fsp3) is 0.529. The Balaban J connectivity index is 2.43. The smallest absolute Gasteiger partial charge is 0.264 e. The van der Waals surface area contributed by atoms with Crippen LogP contribution >= 0.6 is 0 Å². The topological polar surface area (TPSA) is 57.6 Å². The average molecular weight is 289 g/mol. The van der Waals surface area contributed by atoms with Gasteiger partial charge in [-0.1, -0.05) is 38.0 Å². The first-order valence-electron chi connectivity index (χ1n) is 7.55. The highest BCUT2D eigenvalue weighted by atomic mass is 16.3. The number of ketones is 1. The third kappa shape index (κ3) is 2.72. The molecule has 0 radical (unpaired) electrons. The minimum Gasteiger partial charge on any atom is -0.375 e. The maximum absolute atomic E-state index is 12.7. The zero-order chi connectivity index (χ0) is 15.6. The molecule has 1 aliphatic rings. The second-order valence-electron chi connectivity index (χ2n) is 5.87. The van der Waals surface area contributed by atoms with Gasteiger partial charge in [0, 0.05) is 18.5 Å². The highest BCUT2D eigenvalue weighted by molar-refractivity contribution is 6.09. The van der Waals surface area contributed by atoms with Crippen molar-refractivity contribution >= 4 is 17.4 Å². The maximum atomic E-state index is 12.7. The lowest BCUT2D eigenvalue weighted by Crippen LogP contribution is -2.42. The summed E-state index contributed by atoms with van der Waals surface area (Å²) in [6, 6.07) is 5.50. The number of amides is 1. The number of hydrogen-bond acceptors (Lipinski definition) is 3. The van der Waals surface area contributed by atoms with Crippen molar-refractivity contribution in [2.45, 2.75) is 52.1 Å². The van der Waals surface area contributed by atoms with E-state index in [2.05, 4.69) is 6.92 Å². The van der Waals surface area contributed by atoms with Gasteiger partial charge >= 0.3 is 0 Å². The van der Waals surface area contributed by atoms with Gasteiger partial charge in [-0.25, -0.2) is 0 Å². The molecule has 2 rings (SSSR count). The summed E-state index contributed by atoms with van der Waals surface area (Å²) in [5, 5.41) is 10.8. The van der Waals surface area contributed by atoms with E-state index in [0.29, 0.717) is 12.1 Å². The number of hydrogen-bond donors (Lipinski definition) is 1. The Kier molecular flexibility index (Phi) is 4.47. The lowest BCUT2D eigenvalue weighted by molar-refractivity contribution is -0.141. The lowest BCUT2D eigenvalue weighted by Gasteiger charge is -2.22. The molecule has 4 heteroatoms. The van der Waals surface area contributed by atoms with E-state index in [-0.39, 0.29) is 18.1 Å². The van der Waals surface area contributed by atoms with Crippen LogP contribution in [0.15, 0.2) is 18.2 Å². The molecule has 21 heavy (non-hydrogen) atoms. The fourth-order valence-corrected chi connectivity index (χ4v) is 3.06. The second kappa shape index (κ2) is 5.98. The molecule has 1 heterocycles. The standard InChI is InChI=1S/C17H23NO3/c1-4-5-6-10-18-15-12(2)8-7-9-14(15)17(21,16(18)20)11-13(3)19/h7-9,21H,4-6,10-11H2,1-3H3. The van der Waals surface area contributed by atoms with Crippen molar-refractivity contribution in [1.29, 1.82) is 0 Å². The van der Waals surface area contributed by atoms with Gasteiger partial charge in [0.2, 0.25) is 0 Å². The van der Waals surface area contributed by atoms with Crippen LogP contribution in [0.3, 0.4) is 0 Å². The monoisotopic (exact) mass is 289 g/mol. The Hall–Kier alpha value is -1.68. The zero-order valence-electron chi connectivity index (χ0n) is 13.0. The van der Waals surface area contributed by atoms with Crippen molar-refractivity contribution in [1.82, 2.24) is 0 Å². The highest BCUT2D eigenvalue weighted by Gasteiger charge is 2.50. The summed E-state index contributed by atoms with van der Waals surface area (Å²) in [7, 11) is 0. The molecule has 0 saturated heterocycles. The molecule has 0 fully saturated rings. The molecule has 4 nitrogen and oxygen atoms in total. The summed E-state index contributed by atoms with van der Waals surface area (Å²) in [5.41, 5.74) is 0.609. The Morgan fingerprint density at radius 2 is 2.05 bits per heavy atom. The first-order valence-corrected chi connectivity index (χ1v) is 7.55. The number of aryl methyl sites for hydroxylation is 1. The molecule has 0 saturated carbocycles. The molecule has 0 bridgehead atoms. The number of fused-ring (bicyclic) bond motifs is 1. The molecule has 1 N–H and O–H groups in total. The van der Waals surface area contributed by atoms with Crippen molar-refractivity contribution in [2.24, 2.45) is 0 Å². The Morgan fingerprint density at radius 3 is 2.67 bits per heavy atom. The van der Waals surface area contributed by atoms with Crippen LogP contribution in [0, 0.1) is 6.92 Å². The summed E-state index contributed by atoms with van der Waals surface area (Å²) in [4.78, 5) is 25.8. The Labute approximate surface area is 125 Å². The minimum atomic E-state index is -1.70. The predicted molar refractivity (Wildman–Crippen MR) is 82.3 cm³/mol. The normalized spacial score (nSPS) is 20.8. The number of para-hydroxylation sites is 1. The molecule has 0 spiro atoms. The summed E-state index contributed by atoms with van der Waals surface area (Å²) in [6.07, 6.45) is 2.84.